The number of benzene rings is 3. The molecule has 1 N–H and O–H groups in total. The standard InChI is InChI=1S/C24H18Cl3NO4/c25-17-7-1-14(2-8-17)21-23(16-5-11-19(27)12-6-16)32-13-20(29)28(21)22(24(30)31)15-3-9-18(26)10-4-15/h1-12,21-23H,13H2,(H,30,31)/t21-,22+,23+/m1/s1. The maximum Gasteiger partial charge on any atom is 0.331 e. The summed E-state index contributed by atoms with van der Waals surface area (Å²) in [6.45, 7) is -0.255. The Bertz CT molecular complexity index is 1120. The summed E-state index contributed by atoms with van der Waals surface area (Å²) in [7, 11) is 0. The van der Waals surface area contributed by atoms with Gasteiger partial charge in [-0.05, 0) is 53.1 Å². The minimum absolute atomic E-state index is 0.255. The first kappa shape index (κ1) is 22.6. The molecule has 1 fully saturated rings. The summed E-state index contributed by atoms with van der Waals surface area (Å²) < 4.78 is 5.95. The number of hydrogen-bond donors (Lipinski definition) is 1. The summed E-state index contributed by atoms with van der Waals surface area (Å²) >= 11 is 18.1. The fourth-order valence-corrected chi connectivity index (χ4v) is 4.30. The Morgan fingerprint density at radius 2 is 1.31 bits per heavy atom. The number of amides is 1. The number of nitrogens with zero attached hydrogens (tertiary/aromatic N) is 1. The zero-order valence-electron chi connectivity index (χ0n) is 16.6. The normalized spacial score (nSPS) is 19.6. The minimum atomic E-state index is -1.24. The molecule has 3 atom stereocenters. The molecule has 0 bridgehead atoms. The van der Waals surface area contributed by atoms with Crippen LogP contribution < -0.4 is 0 Å². The molecule has 3 aromatic carbocycles. The largest absolute Gasteiger partial charge is 0.479 e. The quantitative estimate of drug-likeness (QED) is 0.468. The maximum atomic E-state index is 13.1. The van der Waals surface area contributed by atoms with Gasteiger partial charge in [0.1, 0.15) is 12.7 Å². The van der Waals surface area contributed by atoms with Crippen LogP contribution in [0, 0.1) is 0 Å². The maximum absolute atomic E-state index is 13.1. The Balaban J connectivity index is 1.86. The summed E-state index contributed by atoms with van der Waals surface area (Å²) in [5.41, 5.74) is 1.90. The van der Waals surface area contributed by atoms with Crippen LogP contribution in [0.15, 0.2) is 72.8 Å². The zero-order valence-corrected chi connectivity index (χ0v) is 18.9. The molecule has 32 heavy (non-hydrogen) atoms. The monoisotopic (exact) mass is 489 g/mol. The third kappa shape index (κ3) is 4.62. The first-order chi connectivity index (χ1) is 15.3. The second kappa shape index (κ2) is 9.51. The van der Waals surface area contributed by atoms with E-state index in [2.05, 4.69) is 0 Å². The molecule has 0 unspecified atom stereocenters. The molecule has 0 saturated carbocycles. The third-order valence-corrected chi connectivity index (χ3v) is 6.12. The molecular weight excluding hydrogens is 473 g/mol. The number of carboxylic acid groups (broad SMARTS) is 1. The van der Waals surface area contributed by atoms with Gasteiger partial charge in [0.15, 0.2) is 6.04 Å². The lowest BCUT2D eigenvalue weighted by atomic mass is 9.90. The van der Waals surface area contributed by atoms with Crippen molar-refractivity contribution < 1.29 is 19.4 Å². The molecule has 0 spiro atoms. The van der Waals surface area contributed by atoms with Crippen LogP contribution >= 0.6 is 34.8 Å². The average molecular weight is 491 g/mol. The lowest BCUT2D eigenvalue weighted by molar-refractivity contribution is -0.171. The fourth-order valence-electron chi connectivity index (χ4n) is 3.93. The van der Waals surface area contributed by atoms with Crippen LogP contribution in [0.4, 0.5) is 0 Å². The molecule has 1 amide bonds. The minimum Gasteiger partial charge on any atom is -0.479 e. The molecule has 1 aliphatic rings. The number of rotatable bonds is 5. The van der Waals surface area contributed by atoms with E-state index in [0.29, 0.717) is 26.2 Å². The molecule has 3 aromatic rings. The first-order valence-electron chi connectivity index (χ1n) is 9.77. The van der Waals surface area contributed by atoms with E-state index < -0.39 is 30.1 Å². The van der Waals surface area contributed by atoms with Gasteiger partial charge >= 0.3 is 5.97 Å². The summed E-state index contributed by atoms with van der Waals surface area (Å²) in [4.78, 5) is 26.9. The van der Waals surface area contributed by atoms with Gasteiger partial charge in [0.05, 0.1) is 6.04 Å². The predicted octanol–water partition coefficient (Wildman–Crippen LogP) is 6.11. The van der Waals surface area contributed by atoms with Gasteiger partial charge < -0.3 is 14.7 Å². The molecule has 4 rings (SSSR count). The molecule has 1 aliphatic heterocycles. The van der Waals surface area contributed by atoms with Gasteiger partial charge in [-0.15, -0.1) is 0 Å². The van der Waals surface area contributed by atoms with E-state index in [1.54, 1.807) is 60.7 Å². The van der Waals surface area contributed by atoms with E-state index >= 15 is 0 Å². The number of carbonyl (C=O) groups is 2. The van der Waals surface area contributed by atoms with Crippen molar-refractivity contribution in [1.29, 1.82) is 0 Å². The summed E-state index contributed by atoms with van der Waals surface area (Å²) in [6.07, 6.45) is -0.611. The van der Waals surface area contributed by atoms with Crippen molar-refractivity contribution in [3.63, 3.8) is 0 Å². The molecule has 1 saturated heterocycles. The topological polar surface area (TPSA) is 66.8 Å². The Hall–Kier alpha value is -2.57. The zero-order chi connectivity index (χ0) is 22.8. The smallest absolute Gasteiger partial charge is 0.331 e. The number of morpholine rings is 1. The van der Waals surface area contributed by atoms with E-state index in [1.165, 1.54) is 4.90 Å². The summed E-state index contributed by atoms with van der Waals surface area (Å²) in [5.74, 6) is -1.59. The van der Waals surface area contributed by atoms with E-state index in [4.69, 9.17) is 39.5 Å². The van der Waals surface area contributed by atoms with Crippen LogP contribution in [-0.2, 0) is 14.3 Å². The van der Waals surface area contributed by atoms with Gasteiger partial charge in [-0.2, -0.15) is 0 Å². The second-order valence-corrected chi connectivity index (χ2v) is 8.68. The van der Waals surface area contributed by atoms with Crippen LogP contribution in [0.1, 0.15) is 34.9 Å². The Morgan fingerprint density at radius 1 is 0.844 bits per heavy atom. The van der Waals surface area contributed by atoms with Crippen LogP contribution in [0.25, 0.3) is 0 Å². The Morgan fingerprint density at radius 3 is 1.81 bits per heavy atom. The Kier molecular flexibility index (Phi) is 6.72. The Labute approximate surface area is 200 Å². The summed E-state index contributed by atoms with van der Waals surface area (Å²) in [6, 6.07) is 18.5. The lowest BCUT2D eigenvalue weighted by Crippen LogP contribution is -2.49. The van der Waals surface area contributed by atoms with Crippen LogP contribution in [0.3, 0.4) is 0 Å². The van der Waals surface area contributed by atoms with Crippen molar-refractivity contribution in [2.24, 2.45) is 0 Å². The predicted molar refractivity (Wildman–Crippen MR) is 123 cm³/mol. The second-order valence-electron chi connectivity index (χ2n) is 7.37. The van der Waals surface area contributed by atoms with Crippen LogP contribution in [0.2, 0.25) is 15.1 Å². The highest BCUT2D eigenvalue weighted by atomic mass is 35.5. The molecule has 0 aromatic heterocycles. The highest BCUT2D eigenvalue weighted by Gasteiger charge is 2.45. The van der Waals surface area contributed by atoms with Crippen molar-refractivity contribution >= 4 is 46.7 Å². The highest BCUT2D eigenvalue weighted by molar-refractivity contribution is 6.31. The number of carbonyl (C=O) groups excluding carboxylic acids is 1. The fraction of sp³-hybridized carbons (Fsp3) is 0.167. The molecule has 164 valence electrons. The van der Waals surface area contributed by atoms with Gasteiger partial charge in [0.2, 0.25) is 5.91 Å². The molecular formula is C24H18Cl3NO4. The first-order valence-corrected chi connectivity index (χ1v) is 10.9. The van der Waals surface area contributed by atoms with Crippen molar-refractivity contribution in [3.05, 3.63) is 105 Å². The molecule has 8 heteroatoms. The van der Waals surface area contributed by atoms with Gasteiger partial charge in [0, 0.05) is 15.1 Å². The van der Waals surface area contributed by atoms with Crippen molar-refractivity contribution in [1.82, 2.24) is 4.90 Å². The number of hydrogen-bond acceptors (Lipinski definition) is 3. The van der Waals surface area contributed by atoms with E-state index in [1.807, 2.05) is 12.1 Å². The summed E-state index contributed by atoms with van der Waals surface area (Å²) in [5, 5.41) is 11.7. The van der Waals surface area contributed by atoms with Gasteiger partial charge in [0.25, 0.3) is 0 Å². The average Bonchev–Trinajstić information content (AvgIpc) is 2.77. The highest BCUT2D eigenvalue weighted by Crippen LogP contribution is 2.44. The number of ether oxygens (including phenoxy) is 1. The number of halogens is 3. The van der Waals surface area contributed by atoms with Gasteiger partial charge in [-0.25, -0.2) is 4.79 Å². The molecule has 1 heterocycles. The molecule has 0 aliphatic carbocycles. The van der Waals surface area contributed by atoms with Crippen molar-refractivity contribution in [3.8, 4) is 0 Å². The third-order valence-electron chi connectivity index (χ3n) is 5.37. The van der Waals surface area contributed by atoms with Gasteiger partial charge in [-0.3, -0.25) is 4.79 Å². The SMILES string of the molecule is O=C(O)[C@H](c1ccc(Cl)cc1)N1C(=O)CO[C@@H](c2ccc(Cl)cc2)[C@H]1c1ccc(Cl)cc1. The number of aliphatic carboxylic acids is 1. The van der Waals surface area contributed by atoms with Crippen LogP contribution in [-0.4, -0.2) is 28.5 Å². The van der Waals surface area contributed by atoms with Crippen LogP contribution in [0.5, 0.6) is 0 Å². The van der Waals surface area contributed by atoms with E-state index in [-0.39, 0.29) is 6.61 Å². The number of carboxylic acids is 1. The molecule has 0 radical (unpaired) electrons. The van der Waals surface area contributed by atoms with Gasteiger partial charge in [-0.1, -0.05) is 71.2 Å². The van der Waals surface area contributed by atoms with E-state index in [0.717, 1.165) is 5.56 Å². The van der Waals surface area contributed by atoms with Crippen molar-refractivity contribution in [2.75, 3.05) is 6.61 Å². The lowest BCUT2D eigenvalue weighted by Gasteiger charge is -2.44. The molecule has 5 nitrogen and oxygen atoms in total. The van der Waals surface area contributed by atoms with E-state index in [9.17, 15) is 14.7 Å². The van der Waals surface area contributed by atoms with Crippen molar-refractivity contribution in [2.45, 2.75) is 18.2 Å².